The van der Waals surface area contributed by atoms with Gasteiger partial charge in [0.2, 0.25) is 10.0 Å². The highest BCUT2D eigenvalue weighted by Gasteiger charge is 2.43. The van der Waals surface area contributed by atoms with Gasteiger partial charge >= 0.3 is 0 Å². The van der Waals surface area contributed by atoms with E-state index in [2.05, 4.69) is 4.72 Å². The second kappa shape index (κ2) is 6.35. The van der Waals surface area contributed by atoms with E-state index in [1.807, 2.05) is 0 Å². The molecule has 0 radical (unpaired) electrons. The summed E-state index contributed by atoms with van der Waals surface area (Å²) in [5.74, 6) is -1.25. The number of methoxy groups -OCH3 is 1. The molecule has 1 aliphatic carbocycles. The molecule has 2 fully saturated rings. The summed E-state index contributed by atoms with van der Waals surface area (Å²) in [5.41, 5.74) is 0. The number of hydrogen-bond acceptors (Lipinski definition) is 5. The zero-order valence-electron chi connectivity index (χ0n) is 12.9. The molecule has 1 heterocycles. The summed E-state index contributed by atoms with van der Waals surface area (Å²) >= 11 is 0. The van der Waals surface area contributed by atoms with Gasteiger partial charge in [-0.05, 0) is 31.0 Å². The first kappa shape index (κ1) is 16.6. The van der Waals surface area contributed by atoms with E-state index in [9.17, 15) is 12.8 Å². The van der Waals surface area contributed by atoms with Gasteiger partial charge in [-0.2, -0.15) is 0 Å². The van der Waals surface area contributed by atoms with Gasteiger partial charge in [-0.25, -0.2) is 17.5 Å². The first-order chi connectivity index (χ1) is 10.9. The van der Waals surface area contributed by atoms with Crippen LogP contribution in [0.3, 0.4) is 0 Å². The zero-order valence-corrected chi connectivity index (χ0v) is 13.7. The third kappa shape index (κ3) is 3.50. The molecule has 1 atom stereocenters. The summed E-state index contributed by atoms with van der Waals surface area (Å²) in [4.78, 5) is -0.148. The van der Waals surface area contributed by atoms with Gasteiger partial charge in [-0.1, -0.05) is 0 Å². The topological polar surface area (TPSA) is 73.9 Å². The molecule has 2 aliphatic rings. The molecule has 8 heteroatoms. The molecule has 128 valence electrons. The van der Waals surface area contributed by atoms with Crippen LogP contribution in [0.5, 0.6) is 5.75 Å². The fourth-order valence-electron chi connectivity index (χ4n) is 2.99. The van der Waals surface area contributed by atoms with E-state index >= 15 is 0 Å². The Kier molecular flexibility index (Phi) is 4.59. The number of rotatable bonds is 5. The Morgan fingerprint density at radius 1 is 1.39 bits per heavy atom. The minimum absolute atomic E-state index is 0.000323. The summed E-state index contributed by atoms with van der Waals surface area (Å²) in [7, 11) is -2.49. The minimum atomic E-state index is -3.81. The van der Waals surface area contributed by atoms with E-state index in [0.29, 0.717) is 6.61 Å². The van der Waals surface area contributed by atoms with Crippen molar-refractivity contribution in [3.63, 3.8) is 0 Å². The third-order valence-corrected chi connectivity index (χ3v) is 5.63. The lowest BCUT2D eigenvalue weighted by atomic mass is 10.2. The van der Waals surface area contributed by atoms with Crippen molar-refractivity contribution in [2.24, 2.45) is 0 Å². The molecule has 1 aromatic rings. The monoisotopic (exact) mass is 345 g/mol. The van der Waals surface area contributed by atoms with Gasteiger partial charge < -0.3 is 14.2 Å². The molecule has 0 bridgehead atoms. The quantitative estimate of drug-likeness (QED) is 0.881. The second-order valence-corrected chi connectivity index (χ2v) is 7.58. The van der Waals surface area contributed by atoms with Crippen LogP contribution >= 0.6 is 0 Å². The lowest BCUT2D eigenvalue weighted by Gasteiger charge is -2.21. The molecular weight excluding hydrogens is 325 g/mol. The lowest BCUT2D eigenvalue weighted by molar-refractivity contribution is -0.160. The Morgan fingerprint density at radius 3 is 2.78 bits per heavy atom. The summed E-state index contributed by atoms with van der Waals surface area (Å²) < 4.78 is 56.9. The molecule has 1 saturated heterocycles. The molecule has 1 N–H and O–H groups in total. The van der Waals surface area contributed by atoms with Crippen molar-refractivity contribution in [2.75, 3.05) is 20.3 Å². The second-order valence-electron chi connectivity index (χ2n) is 5.82. The minimum Gasteiger partial charge on any atom is -0.494 e. The molecule has 6 nitrogen and oxygen atoms in total. The third-order valence-electron chi connectivity index (χ3n) is 4.21. The molecule has 3 rings (SSSR count). The van der Waals surface area contributed by atoms with Gasteiger partial charge in [-0.15, -0.1) is 0 Å². The average Bonchev–Trinajstić information content (AvgIpc) is 3.15. The van der Waals surface area contributed by atoms with Crippen LogP contribution in [0, 0.1) is 5.82 Å². The van der Waals surface area contributed by atoms with E-state index in [0.717, 1.165) is 31.7 Å². The predicted octanol–water partition coefficient (Wildman–Crippen LogP) is 1.80. The molecule has 0 unspecified atom stereocenters. The smallest absolute Gasteiger partial charge is 0.240 e. The number of nitrogens with one attached hydrogen (secondary N) is 1. The lowest BCUT2D eigenvalue weighted by Crippen LogP contribution is -2.35. The molecular formula is C15H20FNO5S. The summed E-state index contributed by atoms with van der Waals surface area (Å²) in [6.07, 6.45) is 3.48. The highest BCUT2D eigenvalue weighted by molar-refractivity contribution is 7.89. The Hall–Kier alpha value is -1.22. The van der Waals surface area contributed by atoms with Gasteiger partial charge in [0.05, 0.1) is 24.7 Å². The van der Waals surface area contributed by atoms with Crippen molar-refractivity contribution in [3.8, 4) is 5.75 Å². The van der Waals surface area contributed by atoms with Gasteiger partial charge in [0, 0.05) is 19.4 Å². The molecule has 1 aromatic carbocycles. The number of hydrogen-bond donors (Lipinski definition) is 1. The van der Waals surface area contributed by atoms with Crippen LogP contribution in [0.1, 0.15) is 25.7 Å². The SMILES string of the molecule is COc1ccc(S(=O)(=O)NC[C@H]2COC3(CCCC3)O2)cc1F. The van der Waals surface area contributed by atoms with Crippen molar-refractivity contribution in [3.05, 3.63) is 24.0 Å². The molecule has 1 spiro atoms. The summed E-state index contributed by atoms with van der Waals surface area (Å²) in [5, 5.41) is 0. The van der Waals surface area contributed by atoms with E-state index in [1.165, 1.54) is 19.2 Å². The van der Waals surface area contributed by atoms with E-state index < -0.39 is 21.6 Å². The molecule has 1 aliphatic heterocycles. The highest BCUT2D eigenvalue weighted by Crippen LogP contribution is 2.39. The van der Waals surface area contributed by atoms with Gasteiger partial charge in [0.15, 0.2) is 17.4 Å². The van der Waals surface area contributed by atoms with Crippen LogP contribution in [-0.4, -0.2) is 40.6 Å². The van der Waals surface area contributed by atoms with E-state index in [1.54, 1.807) is 0 Å². The molecule has 0 amide bonds. The highest BCUT2D eigenvalue weighted by atomic mass is 32.2. The Bertz CT molecular complexity index is 672. The number of sulfonamides is 1. The number of ether oxygens (including phenoxy) is 3. The Labute approximate surface area is 135 Å². The maximum Gasteiger partial charge on any atom is 0.240 e. The van der Waals surface area contributed by atoms with Crippen LogP contribution in [0.25, 0.3) is 0 Å². The maximum absolute atomic E-state index is 13.7. The van der Waals surface area contributed by atoms with E-state index in [4.69, 9.17) is 14.2 Å². The van der Waals surface area contributed by atoms with Gasteiger partial charge in [-0.3, -0.25) is 0 Å². The maximum atomic E-state index is 13.7. The zero-order chi connectivity index (χ0) is 16.5. The normalized spacial score (nSPS) is 23.5. The van der Waals surface area contributed by atoms with Gasteiger partial charge in [0.1, 0.15) is 0 Å². The van der Waals surface area contributed by atoms with Crippen LogP contribution in [-0.2, 0) is 19.5 Å². The van der Waals surface area contributed by atoms with Crippen LogP contribution < -0.4 is 9.46 Å². The predicted molar refractivity (Wildman–Crippen MR) is 80.2 cm³/mol. The van der Waals surface area contributed by atoms with Crippen molar-refractivity contribution < 1.29 is 27.0 Å². The Balaban J connectivity index is 1.62. The number of benzene rings is 1. The first-order valence-corrected chi connectivity index (χ1v) is 9.07. The van der Waals surface area contributed by atoms with Crippen LogP contribution in [0.4, 0.5) is 4.39 Å². The van der Waals surface area contributed by atoms with Gasteiger partial charge in [0.25, 0.3) is 0 Å². The average molecular weight is 345 g/mol. The molecule has 0 aromatic heterocycles. The van der Waals surface area contributed by atoms with E-state index in [-0.39, 0.29) is 23.3 Å². The number of halogens is 1. The standard InChI is InChI=1S/C15H20FNO5S/c1-20-14-5-4-12(8-13(14)16)23(18,19)17-9-11-10-21-15(22-11)6-2-3-7-15/h4-5,8,11,17H,2-3,6-7,9-10H2,1H3/t11-/m0/s1. The largest absolute Gasteiger partial charge is 0.494 e. The van der Waals surface area contributed by atoms with Crippen LogP contribution in [0.15, 0.2) is 23.1 Å². The van der Waals surface area contributed by atoms with Crippen LogP contribution in [0.2, 0.25) is 0 Å². The van der Waals surface area contributed by atoms with Crippen molar-refractivity contribution in [1.29, 1.82) is 0 Å². The molecule has 1 saturated carbocycles. The molecule has 23 heavy (non-hydrogen) atoms. The summed E-state index contributed by atoms with van der Waals surface area (Å²) in [6, 6.07) is 3.52. The fraction of sp³-hybridized carbons (Fsp3) is 0.600. The van der Waals surface area contributed by atoms with Crippen molar-refractivity contribution >= 4 is 10.0 Å². The first-order valence-electron chi connectivity index (χ1n) is 7.59. The van der Waals surface area contributed by atoms with Crippen molar-refractivity contribution in [2.45, 2.75) is 42.5 Å². The summed E-state index contributed by atoms with van der Waals surface area (Å²) in [6.45, 7) is 0.456. The van der Waals surface area contributed by atoms with Crippen molar-refractivity contribution in [1.82, 2.24) is 4.72 Å². The fourth-order valence-corrected chi connectivity index (χ4v) is 4.07. The Morgan fingerprint density at radius 2 is 2.13 bits per heavy atom.